The van der Waals surface area contributed by atoms with Crippen molar-refractivity contribution in [3.63, 3.8) is 0 Å². The molecule has 18 heavy (non-hydrogen) atoms. The van der Waals surface area contributed by atoms with Gasteiger partial charge in [-0.1, -0.05) is 0 Å². The molecule has 0 fully saturated rings. The molecule has 0 radical (unpaired) electrons. The van der Waals surface area contributed by atoms with Gasteiger partial charge in [0.1, 0.15) is 6.04 Å². The number of nitrogens with two attached hydrogens (primary N) is 4. The van der Waals surface area contributed by atoms with Crippen LogP contribution >= 0.6 is 12.6 Å². The maximum Gasteiger partial charge on any atom is 0.240 e. The average molecular weight is 276 g/mol. The van der Waals surface area contributed by atoms with Gasteiger partial charge in [0.05, 0.1) is 6.04 Å². The molecule has 0 aromatic carbocycles. The third kappa shape index (κ3) is 6.97. The van der Waals surface area contributed by atoms with E-state index in [-0.39, 0.29) is 11.7 Å². The van der Waals surface area contributed by atoms with Gasteiger partial charge in [-0.3, -0.25) is 14.6 Å². The third-order valence-electron chi connectivity index (χ3n) is 2.14. The number of hydrogen-bond acceptors (Lipinski definition) is 5. The number of hydrogen-bond donors (Lipinski definition) is 6. The van der Waals surface area contributed by atoms with Crippen LogP contribution in [0.3, 0.4) is 0 Å². The number of rotatable bonds is 8. The molecule has 0 spiro atoms. The van der Waals surface area contributed by atoms with Gasteiger partial charge in [-0.05, 0) is 12.8 Å². The number of thiol groups is 1. The van der Waals surface area contributed by atoms with Crippen molar-refractivity contribution in [3.05, 3.63) is 0 Å². The second-order valence-corrected chi connectivity index (χ2v) is 4.07. The van der Waals surface area contributed by atoms with Gasteiger partial charge in [0.15, 0.2) is 5.96 Å². The maximum absolute atomic E-state index is 11.5. The van der Waals surface area contributed by atoms with Crippen LogP contribution in [-0.2, 0) is 9.59 Å². The summed E-state index contributed by atoms with van der Waals surface area (Å²) in [6, 6.07) is -1.55. The zero-order valence-corrected chi connectivity index (χ0v) is 10.9. The van der Waals surface area contributed by atoms with Crippen LogP contribution in [0.1, 0.15) is 12.8 Å². The van der Waals surface area contributed by atoms with Crippen molar-refractivity contribution in [3.8, 4) is 0 Å². The molecule has 8 nitrogen and oxygen atoms in total. The molecule has 0 saturated carbocycles. The zero-order chi connectivity index (χ0) is 14.1. The summed E-state index contributed by atoms with van der Waals surface area (Å²) in [7, 11) is 0. The van der Waals surface area contributed by atoms with E-state index in [1.807, 2.05) is 0 Å². The first kappa shape index (κ1) is 16.5. The summed E-state index contributed by atoms with van der Waals surface area (Å²) >= 11 is 3.89. The molecule has 0 saturated heterocycles. The van der Waals surface area contributed by atoms with E-state index in [0.717, 1.165) is 0 Å². The highest BCUT2D eigenvalue weighted by molar-refractivity contribution is 7.80. The largest absolute Gasteiger partial charge is 0.370 e. The van der Waals surface area contributed by atoms with E-state index in [0.29, 0.717) is 19.4 Å². The summed E-state index contributed by atoms with van der Waals surface area (Å²) in [5.41, 5.74) is 20.9. The second-order valence-electron chi connectivity index (χ2n) is 3.70. The molecular weight excluding hydrogens is 256 g/mol. The zero-order valence-electron chi connectivity index (χ0n) is 10.0. The van der Waals surface area contributed by atoms with E-state index in [2.05, 4.69) is 22.9 Å². The fourth-order valence-electron chi connectivity index (χ4n) is 1.15. The Morgan fingerprint density at radius 3 is 2.33 bits per heavy atom. The predicted octanol–water partition coefficient (Wildman–Crippen LogP) is -2.73. The number of primary amides is 1. The molecule has 9 N–H and O–H groups in total. The molecule has 0 unspecified atom stereocenters. The standard InChI is InChI=1S/C9H20N6O2S/c10-5(4-18)8(17)15-6(7(11)16)2-1-3-14-9(12)13/h5-6,18H,1-4,10H2,(H2,11,16)(H,15,17)(H4,12,13,14)/t5-,6-/m0/s1. The smallest absolute Gasteiger partial charge is 0.240 e. The summed E-state index contributed by atoms with van der Waals surface area (Å²) in [5, 5.41) is 2.46. The number of nitrogens with zero attached hydrogens (tertiary/aromatic N) is 1. The van der Waals surface area contributed by atoms with Crippen LogP contribution < -0.4 is 28.3 Å². The monoisotopic (exact) mass is 276 g/mol. The van der Waals surface area contributed by atoms with Crippen LogP contribution in [0.15, 0.2) is 4.99 Å². The number of carbonyl (C=O) groups is 2. The van der Waals surface area contributed by atoms with E-state index >= 15 is 0 Å². The molecule has 0 aliphatic heterocycles. The van der Waals surface area contributed by atoms with Crippen LogP contribution in [-0.4, -0.2) is 42.2 Å². The lowest BCUT2D eigenvalue weighted by Gasteiger charge is -2.17. The molecule has 0 rings (SSSR count). The average Bonchev–Trinajstić information content (AvgIpc) is 2.30. The highest BCUT2D eigenvalue weighted by Crippen LogP contribution is 1.98. The summed E-state index contributed by atoms with van der Waals surface area (Å²) in [6.07, 6.45) is 0.860. The van der Waals surface area contributed by atoms with E-state index in [1.54, 1.807) is 0 Å². The highest BCUT2D eigenvalue weighted by atomic mass is 32.1. The Bertz CT molecular complexity index is 318. The van der Waals surface area contributed by atoms with E-state index in [9.17, 15) is 9.59 Å². The molecule has 0 bridgehead atoms. The van der Waals surface area contributed by atoms with Crippen molar-refractivity contribution in [1.29, 1.82) is 0 Å². The molecule has 2 amide bonds. The molecular formula is C9H20N6O2S. The minimum atomic E-state index is -0.780. The topological polar surface area (TPSA) is 163 Å². The molecule has 0 aromatic heterocycles. The van der Waals surface area contributed by atoms with Gasteiger partial charge in [0.25, 0.3) is 0 Å². The number of amides is 2. The lowest BCUT2D eigenvalue weighted by atomic mass is 10.1. The van der Waals surface area contributed by atoms with E-state index in [1.165, 1.54) is 0 Å². The van der Waals surface area contributed by atoms with Gasteiger partial charge in [-0.15, -0.1) is 0 Å². The summed E-state index contributed by atoms with van der Waals surface area (Å²) in [4.78, 5) is 26.4. The minimum Gasteiger partial charge on any atom is -0.370 e. The van der Waals surface area contributed by atoms with Crippen LogP contribution in [0.5, 0.6) is 0 Å². The quantitative estimate of drug-likeness (QED) is 0.122. The summed E-state index contributed by atoms with van der Waals surface area (Å²) in [6.45, 7) is 0.362. The predicted molar refractivity (Wildman–Crippen MR) is 72.9 cm³/mol. The van der Waals surface area contributed by atoms with Gasteiger partial charge in [0.2, 0.25) is 11.8 Å². The molecule has 0 aliphatic carbocycles. The van der Waals surface area contributed by atoms with Gasteiger partial charge in [0, 0.05) is 12.3 Å². The Labute approximate surface area is 111 Å². The van der Waals surface area contributed by atoms with Gasteiger partial charge >= 0.3 is 0 Å². The SMILES string of the molecule is NC(=O)[C@H](CCCN=C(N)N)NC(=O)[C@@H](N)CS. The second kappa shape index (κ2) is 8.59. The van der Waals surface area contributed by atoms with Gasteiger partial charge < -0.3 is 28.3 Å². The molecule has 9 heteroatoms. The first-order valence-electron chi connectivity index (χ1n) is 5.40. The molecule has 0 heterocycles. The maximum atomic E-state index is 11.5. The Hall–Kier alpha value is -1.48. The summed E-state index contributed by atoms with van der Waals surface area (Å²) in [5.74, 6) is -0.924. The first-order valence-corrected chi connectivity index (χ1v) is 6.03. The number of nitrogens with one attached hydrogen (secondary N) is 1. The van der Waals surface area contributed by atoms with Crippen LogP contribution in [0, 0.1) is 0 Å². The fraction of sp³-hybridized carbons (Fsp3) is 0.667. The first-order chi connectivity index (χ1) is 8.38. The molecule has 0 aromatic rings. The molecule has 104 valence electrons. The van der Waals surface area contributed by atoms with Crippen molar-refractivity contribution in [2.75, 3.05) is 12.3 Å². The Balaban J connectivity index is 4.20. The van der Waals surface area contributed by atoms with Crippen LogP contribution in [0.25, 0.3) is 0 Å². The van der Waals surface area contributed by atoms with Crippen molar-refractivity contribution in [1.82, 2.24) is 5.32 Å². The van der Waals surface area contributed by atoms with Crippen LogP contribution in [0.4, 0.5) is 0 Å². The van der Waals surface area contributed by atoms with Crippen molar-refractivity contribution in [2.24, 2.45) is 27.9 Å². The number of carbonyl (C=O) groups excluding carboxylic acids is 2. The normalized spacial score (nSPS) is 13.4. The summed E-state index contributed by atoms with van der Waals surface area (Å²) < 4.78 is 0. The highest BCUT2D eigenvalue weighted by Gasteiger charge is 2.20. The minimum absolute atomic E-state index is 0.0215. The van der Waals surface area contributed by atoms with E-state index < -0.39 is 23.9 Å². The lowest BCUT2D eigenvalue weighted by Crippen LogP contribution is -2.51. The Morgan fingerprint density at radius 1 is 1.28 bits per heavy atom. The van der Waals surface area contributed by atoms with Gasteiger partial charge in [-0.25, -0.2) is 0 Å². The Morgan fingerprint density at radius 2 is 1.89 bits per heavy atom. The lowest BCUT2D eigenvalue weighted by molar-refractivity contribution is -0.128. The van der Waals surface area contributed by atoms with E-state index in [4.69, 9.17) is 22.9 Å². The molecule has 2 atom stereocenters. The number of guanidine groups is 1. The Kier molecular flexibility index (Phi) is 7.88. The molecule has 0 aliphatic rings. The fourth-order valence-corrected chi connectivity index (χ4v) is 1.32. The van der Waals surface area contributed by atoms with Crippen molar-refractivity contribution in [2.45, 2.75) is 24.9 Å². The third-order valence-corrected chi connectivity index (χ3v) is 2.53. The van der Waals surface area contributed by atoms with Crippen LogP contribution in [0.2, 0.25) is 0 Å². The van der Waals surface area contributed by atoms with Crippen molar-refractivity contribution >= 4 is 30.4 Å². The van der Waals surface area contributed by atoms with Crippen molar-refractivity contribution < 1.29 is 9.59 Å². The van der Waals surface area contributed by atoms with Gasteiger partial charge in [-0.2, -0.15) is 12.6 Å². The number of aliphatic imine (C=N–C) groups is 1.